The average Bonchev–Trinajstić information content (AvgIpc) is 3.13. The van der Waals surface area contributed by atoms with Crippen molar-refractivity contribution in [2.45, 2.75) is 38.0 Å². The molecule has 1 N–H and O–H groups in total. The van der Waals surface area contributed by atoms with Gasteiger partial charge in [0.25, 0.3) is 5.91 Å². The largest absolute Gasteiger partial charge is 0.350 e. The number of benzene rings is 3. The number of aryl methyl sites for hydroxylation is 3. The lowest BCUT2D eigenvalue weighted by Crippen LogP contribution is -2.27. The Morgan fingerprint density at radius 2 is 1.68 bits per heavy atom. The summed E-state index contributed by atoms with van der Waals surface area (Å²) in [6.07, 6.45) is 2.22. The highest BCUT2D eigenvalue weighted by Gasteiger charge is 2.11. The highest BCUT2D eigenvalue weighted by atomic mass is 32.2. The molecule has 0 aliphatic heterocycles. The topological polar surface area (TPSA) is 34.0 Å². The molecule has 4 heteroatoms. The van der Waals surface area contributed by atoms with Gasteiger partial charge in [-0.15, -0.1) is 11.8 Å². The van der Waals surface area contributed by atoms with E-state index >= 15 is 0 Å². The van der Waals surface area contributed by atoms with Crippen LogP contribution in [-0.4, -0.2) is 17.0 Å². The first kappa shape index (κ1) is 21.3. The number of carbonyl (C=O) groups excluding carboxylic acids is 1. The molecule has 0 aliphatic rings. The SMILES string of the molecule is Cc1ccc(C(=O)NCCn2cc(SCc3ccccc3C)c3ccccc32)cc1C. The van der Waals surface area contributed by atoms with Gasteiger partial charge in [-0.3, -0.25) is 4.79 Å². The maximum atomic E-state index is 12.5. The van der Waals surface area contributed by atoms with E-state index < -0.39 is 0 Å². The number of hydrogen-bond donors (Lipinski definition) is 1. The molecule has 0 bridgehead atoms. The molecule has 4 aromatic rings. The molecule has 31 heavy (non-hydrogen) atoms. The van der Waals surface area contributed by atoms with Gasteiger partial charge in [-0.25, -0.2) is 0 Å². The van der Waals surface area contributed by atoms with Gasteiger partial charge in [-0.2, -0.15) is 0 Å². The van der Waals surface area contributed by atoms with E-state index in [0.29, 0.717) is 6.54 Å². The lowest BCUT2D eigenvalue weighted by Gasteiger charge is -2.09. The summed E-state index contributed by atoms with van der Waals surface area (Å²) in [7, 11) is 0. The van der Waals surface area contributed by atoms with E-state index in [2.05, 4.69) is 78.5 Å². The second-order valence-corrected chi connectivity index (χ2v) is 8.99. The molecule has 4 rings (SSSR count). The minimum atomic E-state index is -0.0197. The van der Waals surface area contributed by atoms with E-state index in [1.807, 2.05) is 36.9 Å². The van der Waals surface area contributed by atoms with Gasteiger partial charge in [-0.1, -0.05) is 48.5 Å². The number of carbonyl (C=O) groups is 1. The van der Waals surface area contributed by atoms with Crippen LogP contribution in [0.1, 0.15) is 32.6 Å². The van der Waals surface area contributed by atoms with E-state index in [9.17, 15) is 4.79 Å². The first-order valence-corrected chi connectivity index (χ1v) is 11.6. The number of fused-ring (bicyclic) bond motifs is 1. The lowest BCUT2D eigenvalue weighted by atomic mass is 10.1. The molecule has 1 amide bonds. The summed E-state index contributed by atoms with van der Waals surface area (Å²) in [4.78, 5) is 13.8. The molecule has 0 saturated heterocycles. The van der Waals surface area contributed by atoms with Crippen molar-refractivity contribution in [3.8, 4) is 0 Å². The van der Waals surface area contributed by atoms with Crippen molar-refractivity contribution in [2.24, 2.45) is 0 Å². The zero-order valence-electron chi connectivity index (χ0n) is 18.3. The molecule has 0 radical (unpaired) electrons. The van der Waals surface area contributed by atoms with Crippen molar-refractivity contribution < 1.29 is 4.79 Å². The molecule has 0 fully saturated rings. The van der Waals surface area contributed by atoms with Gasteiger partial charge in [0, 0.05) is 46.4 Å². The zero-order chi connectivity index (χ0) is 21.8. The first-order valence-electron chi connectivity index (χ1n) is 10.6. The number of amides is 1. The molecule has 0 saturated carbocycles. The average molecular weight is 429 g/mol. The second-order valence-electron chi connectivity index (χ2n) is 7.97. The number of nitrogens with zero attached hydrogens (tertiary/aromatic N) is 1. The van der Waals surface area contributed by atoms with Crippen LogP contribution in [0, 0.1) is 20.8 Å². The summed E-state index contributed by atoms with van der Waals surface area (Å²) in [6, 6.07) is 22.9. The molecule has 0 spiro atoms. The van der Waals surface area contributed by atoms with Crippen molar-refractivity contribution >= 4 is 28.6 Å². The van der Waals surface area contributed by atoms with E-state index in [1.165, 1.54) is 32.5 Å². The van der Waals surface area contributed by atoms with Crippen molar-refractivity contribution in [1.29, 1.82) is 0 Å². The van der Waals surface area contributed by atoms with Crippen LogP contribution in [0.2, 0.25) is 0 Å². The van der Waals surface area contributed by atoms with Crippen LogP contribution in [0.5, 0.6) is 0 Å². The fourth-order valence-corrected chi connectivity index (χ4v) is 4.88. The third kappa shape index (κ3) is 4.86. The Hall–Kier alpha value is -2.98. The van der Waals surface area contributed by atoms with Crippen LogP contribution >= 0.6 is 11.8 Å². The highest BCUT2D eigenvalue weighted by Crippen LogP contribution is 2.32. The second kappa shape index (κ2) is 9.44. The van der Waals surface area contributed by atoms with Crippen LogP contribution in [0.15, 0.2) is 77.8 Å². The number of nitrogens with one attached hydrogen (secondary N) is 1. The number of hydrogen-bond acceptors (Lipinski definition) is 2. The van der Waals surface area contributed by atoms with Gasteiger partial charge in [0.2, 0.25) is 0 Å². The fraction of sp³-hybridized carbons (Fsp3) is 0.222. The highest BCUT2D eigenvalue weighted by molar-refractivity contribution is 7.98. The Labute approximate surface area is 188 Å². The Kier molecular flexibility index (Phi) is 6.47. The van der Waals surface area contributed by atoms with Crippen molar-refractivity contribution in [1.82, 2.24) is 9.88 Å². The van der Waals surface area contributed by atoms with Crippen LogP contribution in [0.25, 0.3) is 10.9 Å². The molecular formula is C27H28N2OS. The van der Waals surface area contributed by atoms with Crippen molar-refractivity contribution in [2.75, 3.05) is 6.54 Å². The zero-order valence-corrected chi connectivity index (χ0v) is 19.1. The van der Waals surface area contributed by atoms with Gasteiger partial charge < -0.3 is 9.88 Å². The monoisotopic (exact) mass is 428 g/mol. The van der Waals surface area contributed by atoms with E-state index in [0.717, 1.165) is 23.4 Å². The number of rotatable bonds is 7. The number of aromatic nitrogens is 1. The Bertz CT molecular complexity index is 1230. The number of para-hydroxylation sites is 1. The van der Waals surface area contributed by atoms with Crippen LogP contribution in [0.3, 0.4) is 0 Å². The molecule has 0 atom stereocenters. The van der Waals surface area contributed by atoms with Gasteiger partial charge in [0.15, 0.2) is 0 Å². The maximum Gasteiger partial charge on any atom is 0.251 e. The molecule has 0 aliphatic carbocycles. The third-order valence-electron chi connectivity index (χ3n) is 5.80. The van der Waals surface area contributed by atoms with Gasteiger partial charge in [0.1, 0.15) is 0 Å². The summed E-state index contributed by atoms with van der Waals surface area (Å²) in [6.45, 7) is 7.59. The number of thioether (sulfide) groups is 1. The Balaban J connectivity index is 1.45. The molecule has 0 unspecified atom stereocenters. The van der Waals surface area contributed by atoms with Crippen LogP contribution in [-0.2, 0) is 12.3 Å². The predicted octanol–water partition coefficient (Wildman–Crippen LogP) is 6.29. The standard InChI is InChI=1S/C27H28N2OS/c1-19-12-13-22(16-21(19)3)27(30)28-14-15-29-17-26(24-10-6-7-11-25(24)29)31-18-23-9-5-4-8-20(23)2/h4-13,16-17H,14-15,18H2,1-3H3,(H,28,30). The van der Waals surface area contributed by atoms with E-state index in [-0.39, 0.29) is 5.91 Å². The summed E-state index contributed by atoms with van der Waals surface area (Å²) in [5.41, 5.74) is 6.95. The third-order valence-corrected chi connectivity index (χ3v) is 6.90. The molecular weight excluding hydrogens is 400 g/mol. The summed E-state index contributed by atoms with van der Waals surface area (Å²) in [5.74, 6) is 0.929. The summed E-state index contributed by atoms with van der Waals surface area (Å²) >= 11 is 1.87. The smallest absolute Gasteiger partial charge is 0.251 e. The Morgan fingerprint density at radius 3 is 2.48 bits per heavy atom. The first-order chi connectivity index (χ1) is 15.0. The van der Waals surface area contributed by atoms with Crippen LogP contribution in [0.4, 0.5) is 0 Å². The summed E-state index contributed by atoms with van der Waals surface area (Å²) < 4.78 is 2.25. The molecule has 1 aromatic heterocycles. The minimum absolute atomic E-state index is 0.0197. The van der Waals surface area contributed by atoms with Gasteiger partial charge in [-0.05, 0) is 61.2 Å². The Morgan fingerprint density at radius 1 is 0.903 bits per heavy atom. The fourth-order valence-electron chi connectivity index (χ4n) is 3.72. The summed E-state index contributed by atoms with van der Waals surface area (Å²) in [5, 5.41) is 4.33. The van der Waals surface area contributed by atoms with Gasteiger partial charge >= 0.3 is 0 Å². The molecule has 3 nitrogen and oxygen atoms in total. The normalized spacial score (nSPS) is 11.1. The maximum absolute atomic E-state index is 12.5. The van der Waals surface area contributed by atoms with E-state index in [1.54, 1.807) is 0 Å². The molecule has 1 heterocycles. The lowest BCUT2D eigenvalue weighted by molar-refractivity contribution is 0.0952. The molecule has 3 aromatic carbocycles. The van der Waals surface area contributed by atoms with Crippen molar-refractivity contribution in [3.63, 3.8) is 0 Å². The van der Waals surface area contributed by atoms with Crippen LogP contribution < -0.4 is 5.32 Å². The van der Waals surface area contributed by atoms with Crippen molar-refractivity contribution in [3.05, 3.63) is 101 Å². The predicted molar refractivity (Wildman–Crippen MR) is 131 cm³/mol. The quantitative estimate of drug-likeness (QED) is 0.351. The van der Waals surface area contributed by atoms with Gasteiger partial charge in [0.05, 0.1) is 0 Å². The molecule has 158 valence electrons. The minimum Gasteiger partial charge on any atom is -0.350 e. The van der Waals surface area contributed by atoms with E-state index in [4.69, 9.17) is 0 Å².